The molecule has 0 saturated carbocycles. The van der Waals surface area contributed by atoms with Gasteiger partial charge in [-0.25, -0.2) is 0 Å². The minimum Gasteiger partial charge on any atom is -0.315 e. The van der Waals surface area contributed by atoms with Crippen LogP contribution in [0, 0.1) is 0 Å². The molecular weight excluding hydrogens is 256 g/mol. The number of hydrogen-bond acceptors (Lipinski definition) is 3. The van der Waals surface area contributed by atoms with E-state index in [9.17, 15) is 4.79 Å². The molecule has 3 nitrogen and oxygen atoms in total. The third-order valence-electron chi connectivity index (χ3n) is 3.53. The Morgan fingerprint density at radius 1 is 1.32 bits per heavy atom. The Hall–Kier alpha value is -1.65. The zero-order valence-corrected chi connectivity index (χ0v) is 11.6. The summed E-state index contributed by atoms with van der Waals surface area (Å²) in [6, 6.07) is 12.4. The van der Waals surface area contributed by atoms with E-state index in [-0.39, 0.29) is 11.9 Å². The lowest BCUT2D eigenvalue weighted by atomic mass is 9.96. The molecule has 1 amide bonds. The second-order valence-corrected chi connectivity index (χ2v) is 5.76. The Morgan fingerprint density at radius 3 is 2.95 bits per heavy atom. The van der Waals surface area contributed by atoms with Crippen LogP contribution in [0.2, 0.25) is 0 Å². The molecule has 0 saturated heterocycles. The summed E-state index contributed by atoms with van der Waals surface area (Å²) in [4.78, 5) is 15.1. The molecule has 2 heterocycles. The van der Waals surface area contributed by atoms with Gasteiger partial charge in [0.2, 0.25) is 5.91 Å². The molecule has 1 aliphatic heterocycles. The Balaban J connectivity index is 1.82. The van der Waals surface area contributed by atoms with E-state index in [4.69, 9.17) is 0 Å². The van der Waals surface area contributed by atoms with Crippen LogP contribution in [0.3, 0.4) is 0 Å². The minimum absolute atomic E-state index is 0.113. The molecule has 0 aliphatic carbocycles. The predicted octanol–water partition coefficient (Wildman–Crippen LogP) is 2.95. The van der Waals surface area contributed by atoms with Crippen molar-refractivity contribution in [3.8, 4) is 0 Å². The van der Waals surface area contributed by atoms with Gasteiger partial charge in [0.1, 0.15) is 0 Å². The maximum Gasteiger partial charge on any atom is 0.228 e. The molecule has 0 spiro atoms. The van der Waals surface area contributed by atoms with Gasteiger partial charge in [-0.05, 0) is 23.1 Å². The first kappa shape index (κ1) is 12.4. The number of nitrogens with zero attached hydrogens (tertiary/aromatic N) is 1. The predicted molar refractivity (Wildman–Crippen MR) is 78.4 cm³/mol. The van der Waals surface area contributed by atoms with Crippen molar-refractivity contribution in [2.24, 2.45) is 0 Å². The molecule has 1 unspecified atom stereocenters. The number of para-hydroxylation sites is 1. The summed E-state index contributed by atoms with van der Waals surface area (Å²) in [6.45, 7) is 0.813. The van der Waals surface area contributed by atoms with E-state index in [0.29, 0.717) is 6.42 Å². The number of benzene rings is 1. The van der Waals surface area contributed by atoms with Gasteiger partial charge in [-0.1, -0.05) is 24.3 Å². The summed E-state index contributed by atoms with van der Waals surface area (Å²) >= 11 is 1.74. The van der Waals surface area contributed by atoms with Crippen LogP contribution in [0.4, 0.5) is 5.69 Å². The van der Waals surface area contributed by atoms with Crippen LogP contribution < -0.4 is 10.2 Å². The molecular formula is C15H16N2OS. The standard InChI is InChI=1S/C15H16N2OS/c1-17-14-7-3-2-6-12(14)13(9-15(17)18)16-10-11-5-4-8-19-11/h2-8,13,16H,9-10H2,1H3. The second-order valence-electron chi connectivity index (χ2n) is 4.73. The van der Waals surface area contributed by atoms with Crippen molar-refractivity contribution in [3.63, 3.8) is 0 Å². The van der Waals surface area contributed by atoms with Gasteiger partial charge in [0.05, 0.1) is 0 Å². The summed E-state index contributed by atoms with van der Waals surface area (Å²) in [5.74, 6) is 0.169. The van der Waals surface area contributed by atoms with E-state index in [1.807, 2.05) is 25.2 Å². The van der Waals surface area contributed by atoms with Gasteiger partial charge in [0.25, 0.3) is 0 Å². The van der Waals surface area contributed by atoms with Gasteiger partial charge >= 0.3 is 0 Å². The monoisotopic (exact) mass is 272 g/mol. The third-order valence-corrected chi connectivity index (χ3v) is 4.41. The molecule has 2 aromatic rings. The van der Waals surface area contributed by atoms with Gasteiger partial charge in [-0.2, -0.15) is 0 Å². The molecule has 98 valence electrons. The van der Waals surface area contributed by atoms with Crippen LogP contribution in [0.5, 0.6) is 0 Å². The molecule has 0 fully saturated rings. The summed E-state index contributed by atoms with van der Waals surface area (Å²) in [5, 5.41) is 5.57. The van der Waals surface area contributed by atoms with E-state index in [1.165, 1.54) is 10.4 Å². The number of anilines is 1. The minimum atomic E-state index is 0.113. The average molecular weight is 272 g/mol. The van der Waals surface area contributed by atoms with Crippen LogP contribution in [0.15, 0.2) is 41.8 Å². The quantitative estimate of drug-likeness (QED) is 0.931. The van der Waals surface area contributed by atoms with E-state index in [1.54, 1.807) is 16.2 Å². The van der Waals surface area contributed by atoms with Crippen molar-refractivity contribution in [3.05, 3.63) is 52.2 Å². The first-order chi connectivity index (χ1) is 9.25. The molecule has 1 atom stereocenters. The second kappa shape index (κ2) is 5.15. The van der Waals surface area contributed by atoms with E-state index in [0.717, 1.165) is 12.2 Å². The van der Waals surface area contributed by atoms with Crippen LogP contribution in [-0.4, -0.2) is 13.0 Å². The van der Waals surface area contributed by atoms with Crippen LogP contribution >= 0.6 is 11.3 Å². The lowest BCUT2D eigenvalue weighted by molar-refractivity contribution is -0.119. The van der Waals surface area contributed by atoms with Crippen molar-refractivity contribution in [2.75, 3.05) is 11.9 Å². The molecule has 3 rings (SSSR count). The van der Waals surface area contributed by atoms with Gasteiger partial charge in [-0.3, -0.25) is 4.79 Å². The van der Waals surface area contributed by atoms with Crippen molar-refractivity contribution < 1.29 is 4.79 Å². The number of nitrogens with one attached hydrogen (secondary N) is 1. The molecule has 1 aliphatic rings. The highest BCUT2D eigenvalue weighted by molar-refractivity contribution is 7.09. The van der Waals surface area contributed by atoms with Crippen molar-refractivity contribution in [1.29, 1.82) is 0 Å². The lowest BCUT2D eigenvalue weighted by Gasteiger charge is -2.32. The average Bonchev–Trinajstić information content (AvgIpc) is 2.95. The molecule has 1 aromatic carbocycles. The molecule has 0 radical (unpaired) electrons. The van der Waals surface area contributed by atoms with Gasteiger partial charge in [-0.15, -0.1) is 11.3 Å². The van der Waals surface area contributed by atoms with E-state index >= 15 is 0 Å². The summed E-state index contributed by atoms with van der Waals surface area (Å²) in [6.07, 6.45) is 0.527. The fourth-order valence-corrected chi connectivity index (χ4v) is 3.12. The smallest absolute Gasteiger partial charge is 0.228 e. The highest BCUT2D eigenvalue weighted by Crippen LogP contribution is 2.33. The molecule has 19 heavy (non-hydrogen) atoms. The van der Waals surface area contributed by atoms with Crippen molar-refractivity contribution in [1.82, 2.24) is 5.32 Å². The zero-order chi connectivity index (χ0) is 13.2. The normalized spacial score (nSPS) is 18.5. The molecule has 4 heteroatoms. The number of rotatable bonds is 3. The first-order valence-electron chi connectivity index (χ1n) is 6.37. The van der Waals surface area contributed by atoms with Gasteiger partial charge in [0.15, 0.2) is 0 Å². The van der Waals surface area contributed by atoms with Crippen LogP contribution in [0.1, 0.15) is 22.9 Å². The highest BCUT2D eigenvalue weighted by atomic mass is 32.1. The fraction of sp³-hybridized carbons (Fsp3) is 0.267. The lowest BCUT2D eigenvalue weighted by Crippen LogP contribution is -2.37. The maximum absolute atomic E-state index is 12.0. The van der Waals surface area contributed by atoms with Crippen LogP contribution in [0.25, 0.3) is 0 Å². The third kappa shape index (κ3) is 2.41. The fourth-order valence-electron chi connectivity index (χ4n) is 2.46. The Labute approximate surface area is 116 Å². The number of carbonyl (C=O) groups excluding carboxylic acids is 1. The zero-order valence-electron chi connectivity index (χ0n) is 10.8. The van der Waals surface area contributed by atoms with E-state index in [2.05, 4.69) is 28.9 Å². The maximum atomic E-state index is 12.0. The SMILES string of the molecule is CN1C(=O)CC(NCc2cccs2)c2ccccc21. The largest absolute Gasteiger partial charge is 0.315 e. The Morgan fingerprint density at radius 2 is 2.16 bits per heavy atom. The van der Waals surface area contributed by atoms with Gasteiger partial charge < -0.3 is 10.2 Å². The first-order valence-corrected chi connectivity index (χ1v) is 7.25. The summed E-state index contributed by atoms with van der Waals surface area (Å²) in [7, 11) is 1.84. The summed E-state index contributed by atoms with van der Waals surface area (Å²) in [5.41, 5.74) is 2.23. The topological polar surface area (TPSA) is 32.3 Å². The molecule has 0 bridgehead atoms. The Bertz CT molecular complexity index is 580. The van der Waals surface area contributed by atoms with E-state index < -0.39 is 0 Å². The van der Waals surface area contributed by atoms with Gasteiger partial charge in [0, 0.05) is 36.6 Å². The highest BCUT2D eigenvalue weighted by Gasteiger charge is 2.28. The number of thiophene rings is 1. The van der Waals surface area contributed by atoms with Crippen molar-refractivity contribution >= 4 is 22.9 Å². The number of carbonyl (C=O) groups is 1. The number of fused-ring (bicyclic) bond motifs is 1. The van der Waals surface area contributed by atoms with Crippen molar-refractivity contribution in [2.45, 2.75) is 19.0 Å². The van der Waals surface area contributed by atoms with Crippen LogP contribution in [-0.2, 0) is 11.3 Å². The summed E-state index contributed by atoms with van der Waals surface area (Å²) < 4.78 is 0. The molecule has 1 N–H and O–H groups in total. The molecule has 1 aromatic heterocycles. The Kier molecular flexibility index (Phi) is 3.36. The number of hydrogen-bond donors (Lipinski definition) is 1. The number of amides is 1.